The molecule has 1 aromatic rings. The average molecular weight is 456 g/mol. The molecule has 0 spiro atoms. The van der Waals surface area contributed by atoms with E-state index in [1.807, 2.05) is 11.9 Å². The molecule has 2 fully saturated rings. The predicted molar refractivity (Wildman–Crippen MR) is 112 cm³/mol. The summed E-state index contributed by atoms with van der Waals surface area (Å²) in [7, 11) is 1.83. The highest BCUT2D eigenvalue weighted by molar-refractivity contribution is 14.0. The lowest BCUT2D eigenvalue weighted by atomic mass is 10.1. The molecule has 2 N–H and O–H groups in total. The van der Waals surface area contributed by atoms with Crippen molar-refractivity contribution in [2.24, 2.45) is 10.9 Å². The Morgan fingerprint density at radius 1 is 1.20 bits per heavy atom. The molecular weight excluding hydrogens is 427 g/mol. The molecule has 0 aromatic heterocycles. The van der Waals surface area contributed by atoms with Crippen LogP contribution in [0.15, 0.2) is 35.3 Å². The van der Waals surface area contributed by atoms with Gasteiger partial charge in [-0.3, -0.25) is 9.79 Å². The second kappa shape index (κ2) is 9.40. The van der Waals surface area contributed by atoms with Gasteiger partial charge in [-0.25, -0.2) is 0 Å². The molecular formula is C19H29IN4O. The van der Waals surface area contributed by atoms with E-state index in [9.17, 15) is 4.79 Å². The summed E-state index contributed by atoms with van der Waals surface area (Å²) in [6.45, 7) is 3.32. The first-order chi connectivity index (χ1) is 11.7. The topological polar surface area (TPSA) is 56.7 Å². The lowest BCUT2D eigenvalue weighted by Crippen LogP contribution is -2.50. The molecule has 6 heteroatoms. The van der Waals surface area contributed by atoms with Crippen molar-refractivity contribution in [1.29, 1.82) is 0 Å². The zero-order chi connectivity index (χ0) is 16.9. The number of aliphatic imine (C=N–C) groups is 1. The van der Waals surface area contributed by atoms with Crippen molar-refractivity contribution in [1.82, 2.24) is 15.5 Å². The fourth-order valence-corrected chi connectivity index (χ4v) is 3.45. The van der Waals surface area contributed by atoms with Gasteiger partial charge in [0.25, 0.3) is 0 Å². The Morgan fingerprint density at radius 3 is 2.48 bits per heavy atom. The minimum absolute atomic E-state index is 0. The van der Waals surface area contributed by atoms with Crippen molar-refractivity contribution in [3.8, 4) is 0 Å². The average Bonchev–Trinajstić information content (AvgIpc) is 3.33. The highest BCUT2D eigenvalue weighted by Crippen LogP contribution is 2.33. The van der Waals surface area contributed by atoms with Crippen LogP contribution >= 0.6 is 24.0 Å². The summed E-state index contributed by atoms with van der Waals surface area (Å²) in [4.78, 5) is 17.7. The molecule has 0 bridgehead atoms. The van der Waals surface area contributed by atoms with Gasteiger partial charge in [0.05, 0.1) is 0 Å². The van der Waals surface area contributed by atoms with Crippen molar-refractivity contribution in [2.45, 2.75) is 44.7 Å². The van der Waals surface area contributed by atoms with E-state index in [4.69, 9.17) is 0 Å². The molecule has 2 aliphatic rings. The number of hydrogen-bond acceptors (Lipinski definition) is 2. The van der Waals surface area contributed by atoms with Gasteiger partial charge in [-0.1, -0.05) is 30.3 Å². The van der Waals surface area contributed by atoms with E-state index >= 15 is 0 Å². The minimum atomic E-state index is 0. The molecule has 1 heterocycles. The van der Waals surface area contributed by atoms with Crippen LogP contribution in [-0.2, 0) is 11.2 Å². The lowest BCUT2D eigenvalue weighted by molar-refractivity contribution is -0.129. The number of carbonyl (C=O) groups excluding carboxylic acids is 1. The van der Waals surface area contributed by atoms with Gasteiger partial charge in [-0.05, 0) is 37.2 Å². The number of nitrogens with one attached hydrogen (secondary N) is 2. The van der Waals surface area contributed by atoms with Crippen LogP contribution in [0.3, 0.4) is 0 Å². The molecule has 2 unspecified atom stereocenters. The monoisotopic (exact) mass is 456 g/mol. The van der Waals surface area contributed by atoms with Gasteiger partial charge >= 0.3 is 0 Å². The first-order valence-electron chi connectivity index (χ1n) is 8.95. The molecule has 25 heavy (non-hydrogen) atoms. The van der Waals surface area contributed by atoms with Crippen LogP contribution in [0.5, 0.6) is 0 Å². The molecule has 1 aromatic carbocycles. The summed E-state index contributed by atoms with van der Waals surface area (Å²) >= 11 is 0. The van der Waals surface area contributed by atoms with Crippen LogP contribution in [0.2, 0.25) is 0 Å². The molecule has 2 atom stereocenters. The van der Waals surface area contributed by atoms with Crippen LogP contribution in [0.25, 0.3) is 0 Å². The predicted octanol–water partition coefficient (Wildman–Crippen LogP) is 2.41. The number of nitrogens with zero attached hydrogens (tertiary/aromatic N) is 2. The summed E-state index contributed by atoms with van der Waals surface area (Å²) in [6.07, 6.45) is 4.31. The summed E-state index contributed by atoms with van der Waals surface area (Å²) in [5, 5.41) is 7.07. The third kappa shape index (κ3) is 5.87. The van der Waals surface area contributed by atoms with Gasteiger partial charge in [0, 0.05) is 39.1 Å². The number of carbonyl (C=O) groups is 1. The van der Waals surface area contributed by atoms with Crippen molar-refractivity contribution in [2.75, 3.05) is 20.1 Å². The maximum absolute atomic E-state index is 11.4. The smallest absolute Gasteiger partial charge is 0.219 e. The summed E-state index contributed by atoms with van der Waals surface area (Å²) in [5.41, 5.74) is 1.41. The standard InChI is InChI=1S/C19H28N4O.HI/c1-14(24)23-10-8-17(9-11-23)21-19(20-2)22-18-13-16(18)12-15-6-4-3-5-7-15;/h3-7,16-18H,8-13H2,1-2H3,(H2,20,21,22);1H. The molecule has 1 saturated carbocycles. The van der Waals surface area contributed by atoms with E-state index in [0.29, 0.717) is 18.0 Å². The zero-order valence-electron chi connectivity index (χ0n) is 15.1. The number of likely N-dealkylation sites (tertiary alicyclic amines) is 1. The molecule has 1 saturated heterocycles. The highest BCUT2D eigenvalue weighted by atomic mass is 127. The first-order valence-corrected chi connectivity index (χ1v) is 8.95. The molecule has 5 nitrogen and oxygen atoms in total. The SMILES string of the molecule is CN=C(NC1CCN(C(C)=O)CC1)NC1CC1Cc1ccccc1.I. The Kier molecular flexibility index (Phi) is 7.53. The Labute approximate surface area is 167 Å². The van der Waals surface area contributed by atoms with E-state index in [1.165, 1.54) is 12.0 Å². The van der Waals surface area contributed by atoms with Gasteiger partial charge in [-0.2, -0.15) is 0 Å². The van der Waals surface area contributed by atoms with Crippen LogP contribution in [-0.4, -0.2) is 49.0 Å². The third-order valence-corrected chi connectivity index (χ3v) is 5.09. The van der Waals surface area contributed by atoms with Crippen molar-refractivity contribution >= 4 is 35.8 Å². The first kappa shape index (κ1) is 20.0. The second-order valence-electron chi connectivity index (χ2n) is 6.93. The molecule has 1 aliphatic carbocycles. The maximum atomic E-state index is 11.4. The largest absolute Gasteiger partial charge is 0.354 e. The number of benzene rings is 1. The summed E-state index contributed by atoms with van der Waals surface area (Å²) in [6, 6.07) is 11.6. The fourth-order valence-electron chi connectivity index (χ4n) is 3.45. The van der Waals surface area contributed by atoms with Gasteiger partial charge in [-0.15, -0.1) is 24.0 Å². The van der Waals surface area contributed by atoms with Gasteiger partial charge in [0.15, 0.2) is 5.96 Å². The highest BCUT2D eigenvalue weighted by Gasteiger charge is 2.37. The van der Waals surface area contributed by atoms with Gasteiger partial charge in [0.2, 0.25) is 5.91 Å². The summed E-state index contributed by atoms with van der Waals surface area (Å²) < 4.78 is 0. The Bertz CT molecular complexity index is 584. The number of rotatable bonds is 4. The quantitative estimate of drug-likeness (QED) is 0.416. The zero-order valence-corrected chi connectivity index (χ0v) is 17.4. The normalized spacial score (nSPS) is 23.6. The van der Waals surface area contributed by atoms with E-state index < -0.39 is 0 Å². The number of hydrogen-bond donors (Lipinski definition) is 2. The lowest BCUT2D eigenvalue weighted by Gasteiger charge is -2.32. The van der Waals surface area contributed by atoms with E-state index in [-0.39, 0.29) is 29.9 Å². The van der Waals surface area contributed by atoms with Gasteiger partial charge < -0.3 is 15.5 Å². The van der Waals surface area contributed by atoms with Crippen molar-refractivity contribution in [3.63, 3.8) is 0 Å². The van der Waals surface area contributed by atoms with Crippen LogP contribution < -0.4 is 10.6 Å². The Hall–Kier alpha value is -1.31. The van der Waals surface area contributed by atoms with E-state index in [2.05, 4.69) is 46.0 Å². The maximum Gasteiger partial charge on any atom is 0.219 e. The van der Waals surface area contributed by atoms with Crippen molar-refractivity contribution in [3.05, 3.63) is 35.9 Å². The van der Waals surface area contributed by atoms with E-state index in [0.717, 1.165) is 38.3 Å². The molecule has 1 amide bonds. The molecule has 138 valence electrons. The minimum Gasteiger partial charge on any atom is -0.354 e. The van der Waals surface area contributed by atoms with E-state index in [1.54, 1.807) is 6.92 Å². The third-order valence-electron chi connectivity index (χ3n) is 5.09. The molecule has 0 radical (unpaired) electrons. The Morgan fingerprint density at radius 2 is 1.88 bits per heavy atom. The van der Waals surface area contributed by atoms with Crippen LogP contribution in [0.1, 0.15) is 31.7 Å². The molecule has 1 aliphatic heterocycles. The van der Waals surface area contributed by atoms with Gasteiger partial charge in [0.1, 0.15) is 0 Å². The van der Waals surface area contributed by atoms with Crippen molar-refractivity contribution < 1.29 is 4.79 Å². The van der Waals surface area contributed by atoms with Crippen LogP contribution in [0.4, 0.5) is 0 Å². The fraction of sp³-hybridized carbons (Fsp3) is 0.579. The number of halogens is 1. The molecule has 3 rings (SSSR count). The van der Waals surface area contributed by atoms with Crippen LogP contribution in [0, 0.1) is 5.92 Å². The Balaban J connectivity index is 0.00000225. The second-order valence-corrected chi connectivity index (χ2v) is 6.93. The number of amides is 1. The number of piperidine rings is 1. The summed E-state index contributed by atoms with van der Waals surface area (Å²) in [5.74, 6) is 1.78. The number of guanidine groups is 1.